The second kappa shape index (κ2) is 9.08. The van der Waals surface area contributed by atoms with Crippen LogP contribution in [0.15, 0.2) is 46.0 Å². The van der Waals surface area contributed by atoms with E-state index >= 15 is 0 Å². The van der Waals surface area contributed by atoms with Crippen molar-refractivity contribution in [3.63, 3.8) is 0 Å². The van der Waals surface area contributed by atoms with E-state index in [-0.39, 0.29) is 12.3 Å². The molecule has 0 fully saturated rings. The summed E-state index contributed by atoms with van der Waals surface area (Å²) in [6, 6.07) is 10.8. The molecule has 0 bridgehead atoms. The molecule has 6 nitrogen and oxygen atoms in total. The molecular weight excluding hydrogens is 386 g/mol. The molecule has 0 aromatic heterocycles. The molecule has 2 aromatic rings. The third-order valence-corrected chi connectivity index (χ3v) is 3.88. The molecule has 3 N–H and O–H groups in total. The van der Waals surface area contributed by atoms with E-state index in [0.717, 1.165) is 15.6 Å². The maximum atomic E-state index is 11.9. The standard InChI is InChI=1S/C18H20BrN3O3/c1-3-25-18-15(19)8-13(9-16(18)24-2)11-21-22-17(23)10-12-4-6-14(20)7-5-12/h4-9,11H,3,10,20H2,1-2H3,(H,22,23)/b21-11-. The van der Waals surface area contributed by atoms with Gasteiger partial charge in [-0.3, -0.25) is 4.79 Å². The number of halogens is 1. The number of rotatable bonds is 7. The minimum Gasteiger partial charge on any atom is -0.493 e. The van der Waals surface area contributed by atoms with Crippen LogP contribution in [0.2, 0.25) is 0 Å². The molecule has 0 saturated heterocycles. The predicted molar refractivity (Wildman–Crippen MR) is 102 cm³/mol. The molecule has 0 aliphatic heterocycles. The maximum absolute atomic E-state index is 11.9. The largest absolute Gasteiger partial charge is 0.493 e. The molecule has 2 aromatic carbocycles. The minimum absolute atomic E-state index is 0.210. The third-order valence-electron chi connectivity index (χ3n) is 3.29. The van der Waals surface area contributed by atoms with E-state index < -0.39 is 0 Å². The van der Waals surface area contributed by atoms with Gasteiger partial charge in [0.25, 0.3) is 0 Å². The first-order valence-electron chi connectivity index (χ1n) is 7.70. The SMILES string of the molecule is CCOc1c(Br)cc(/C=N\NC(=O)Cc2ccc(N)cc2)cc1OC. The van der Waals surface area contributed by atoms with Gasteiger partial charge in [-0.05, 0) is 58.2 Å². The fourth-order valence-corrected chi connectivity index (χ4v) is 2.71. The number of hydrogen-bond acceptors (Lipinski definition) is 5. The Labute approximate surface area is 155 Å². The van der Waals surface area contributed by atoms with Crippen molar-refractivity contribution in [1.82, 2.24) is 5.43 Å². The first kappa shape index (κ1) is 18.8. The molecule has 0 aliphatic rings. The van der Waals surface area contributed by atoms with E-state index in [0.29, 0.717) is 23.8 Å². The van der Waals surface area contributed by atoms with Crippen LogP contribution in [-0.4, -0.2) is 25.8 Å². The zero-order valence-electron chi connectivity index (χ0n) is 14.1. The highest BCUT2D eigenvalue weighted by molar-refractivity contribution is 9.10. The molecule has 2 rings (SSSR count). The average molecular weight is 406 g/mol. The van der Waals surface area contributed by atoms with Crippen LogP contribution in [0, 0.1) is 0 Å². The van der Waals surface area contributed by atoms with E-state index in [2.05, 4.69) is 26.5 Å². The Kier molecular flexibility index (Phi) is 6.82. The van der Waals surface area contributed by atoms with Gasteiger partial charge in [0.05, 0.1) is 30.8 Å². The zero-order chi connectivity index (χ0) is 18.2. The lowest BCUT2D eigenvalue weighted by Crippen LogP contribution is -2.19. The highest BCUT2D eigenvalue weighted by Crippen LogP contribution is 2.36. The number of methoxy groups -OCH3 is 1. The van der Waals surface area contributed by atoms with E-state index in [1.54, 1.807) is 31.5 Å². The van der Waals surface area contributed by atoms with Gasteiger partial charge < -0.3 is 15.2 Å². The van der Waals surface area contributed by atoms with E-state index in [1.165, 1.54) is 0 Å². The van der Waals surface area contributed by atoms with Crippen molar-refractivity contribution in [2.24, 2.45) is 5.10 Å². The summed E-state index contributed by atoms with van der Waals surface area (Å²) >= 11 is 3.45. The van der Waals surface area contributed by atoms with Gasteiger partial charge in [-0.25, -0.2) is 5.43 Å². The second-order valence-electron chi connectivity index (χ2n) is 5.18. The molecule has 0 spiro atoms. The number of anilines is 1. The van der Waals surface area contributed by atoms with Crippen LogP contribution >= 0.6 is 15.9 Å². The topological polar surface area (TPSA) is 85.9 Å². The Morgan fingerprint density at radius 2 is 2.04 bits per heavy atom. The lowest BCUT2D eigenvalue weighted by atomic mass is 10.1. The molecule has 0 heterocycles. The third kappa shape index (κ3) is 5.49. The number of carbonyl (C=O) groups excluding carboxylic acids is 1. The van der Waals surface area contributed by atoms with Crippen LogP contribution in [0.4, 0.5) is 5.69 Å². The molecule has 1 amide bonds. The van der Waals surface area contributed by atoms with Gasteiger partial charge in [0.1, 0.15) is 0 Å². The Hall–Kier alpha value is -2.54. The van der Waals surface area contributed by atoms with Gasteiger partial charge in [-0.1, -0.05) is 12.1 Å². The summed E-state index contributed by atoms with van der Waals surface area (Å²) in [6.45, 7) is 2.43. The quantitative estimate of drug-likeness (QED) is 0.420. The van der Waals surface area contributed by atoms with Crippen LogP contribution in [0.25, 0.3) is 0 Å². The number of hydrazone groups is 1. The fraction of sp³-hybridized carbons (Fsp3) is 0.222. The zero-order valence-corrected chi connectivity index (χ0v) is 15.7. The molecular formula is C18H20BrN3O3. The second-order valence-corrected chi connectivity index (χ2v) is 6.03. The van der Waals surface area contributed by atoms with Crippen LogP contribution < -0.4 is 20.6 Å². The molecule has 0 saturated carbocycles. The normalized spacial score (nSPS) is 10.7. The lowest BCUT2D eigenvalue weighted by molar-refractivity contribution is -0.120. The van der Waals surface area contributed by atoms with Gasteiger partial charge in [0.2, 0.25) is 5.91 Å². The number of nitrogen functional groups attached to an aromatic ring is 1. The molecule has 7 heteroatoms. The van der Waals surface area contributed by atoms with Gasteiger partial charge in [0.15, 0.2) is 11.5 Å². The highest BCUT2D eigenvalue weighted by atomic mass is 79.9. The monoisotopic (exact) mass is 405 g/mol. The van der Waals surface area contributed by atoms with Crippen LogP contribution in [0.5, 0.6) is 11.5 Å². The van der Waals surface area contributed by atoms with Gasteiger partial charge in [-0.15, -0.1) is 0 Å². The van der Waals surface area contributed by atoms with Crippen molar-refractivity contribution in [2.75, 3.05) is 19.5 Å². The first-order chi connectivity index (χ1) is 12.0. The van der Waals surface area contributed by atoms with Crippen molar-refractivity contribution >= 4 is 33.7 Å². The Morgan fingerprint density at radius 1 is 1.32 bits per heavy atom. The molecule has 132 valence electrons. The number of ether oxygens (including phenoxy) is 2. The number of amides is 1. The molecule has 0 unspecified atom stereocenters. The summed E-state index contributed by atoms with van der Waals surface area (Å²) in [4.78, 5) is 11.9. The van der Waals surface area contributed by atoms with Gasteiger partial charge in [-0.2, -0.15) is 5.10 Å². The highest BCUT2D eigenvalue weighted by Gasteiger charge is 2.10. The number of nitrogens with two attached hydrogens (primary N) is 1. The Morgan fingerprint density at radius 3 is 2.68 bits per heavy atom. The van der Waals surface area contributed by atoms with Gasteiger partial charge in [0, 0.05) is 5.69 Å². The molecule has 0 aliphatic carbocycles. The van der Waals surface area contributed by atoms with Crippen molar-refractivity contribution in [3.05, 3.63) is 52.0 Å². The Balaban J connectivity index is 2.00. The van der Waals surface area contributed by atoms with Crippen molar-refractivity contribution in [1.29, 1.82) is 0 Å². The van der Waals surface area contributed by atoms with Crippen LogP contribution in [-0.2, 0) is 11.2 Å². The lowest BCUT2D eigenvalue weighted by Gasteiger charge is -2.11. The summed E-state index contributed by atoms with van der Waals surface area (Å²) in [6.07, 6.45) is 1.78. The Bertz CT molecular complexity index is 761. The molecule has 25 heavy (non-hydrogen) atoms. The van der Waals surface area contributed by atoms with E-state index in [4.69, 9.17) is 15.2 Å². The summed E-state index contributed by atoms with van der Waals surface area (Å²) < 4.78 is 11.6. The first-order valence-corrected chi connectivity index (χ1v) is 8.49. The molecule has 0 radical (unpaired) electrons. The number of benzene rings is 2. The smallest absolute Gasteiger partial charge is 0.244 e. The number of hydrogen-bond donors (Lipinski definition) is 2. The number of nitrogens with one attached hydrogen (secondary N) is 1. The van der Waals surface area contributed by atoms with Crippen molar-refractivity contribution < 1.29 is 14.3 Å². The van der Waals surface area contributed by atoms with Crippen LogP contribution in [0.3, 0.4) is 0 Å². The molecule has 0 atom stereocenters. The van der Waals surface area contributed by atoms with Crippen molar-refractivity contribution in [3.8, 4) is 11.5 Å². The summed E-state index contributed by atoms with van der Waals surface area (Å²) in [5.41, 5.74) is 10.4. The van der Waals surface area contributed by atoms with Crippen molar-refractivity contribution in [2.45, 2.75) is 13.3 Å². The summed E-state index contributed by atoms with van der Waals surface area (Å²) in [5.74, 6) is 1.01. The minimum atomic E-state index is -0.210. The van der Waals surface area contributed by atoms with Gasteiger partial charge >= 0.3 is 0 Å². The number of carbonyl (C=O) groups is 1. The van der Waals surface area contributed by atoms with E-state index in [1.807, 2.05) is 25.1 Å². The fourth-order valence-electron chi connectivity index (χ4n) is 2.14. The maximum Gasteiger partial charge on any atom is 0.244 e. The van der Waals surface area contributed by atoms with E-state index in [9.17, 15) is 4.79 Å². The number of nitrogens with zero attached hydrogens (tertiary/aromatic N) is 1. The average Bonchev–Trinajstić information content (AvgIpc) is 2.59. The predicted octanol–water partition coefficient (Wildman–Crippen LogP) is 3.13. The summed E-state index contributed by atoms with van der Waals surface area (Å²) in [7, 11) is 1.57. The summed E-state index contributed by atoms with van der Waals surface area (Å²) in [5, 5.41) is 3.98. The van der Waals surface area contributed by atoms with Crippen LogP contribution in [0.1, 0.15) is 18.1 Å².